The number of aldehydes is 1. The van der Waals surface area contributed by atoms with Crippen LogP contribution < -0.4 is 15.5 Å². The molecule has 2 N–H and O–H groups in total. The fraction of sp³-hybridized carbons (Fsp3) is 0.480. The SMILES string of the molecule is COCCNc1cc(NC(=O)N2c3nc(C=O)ccc3C3(OC4CCOCC4)CC2C3)ncc1C#N. The van der Waals surface area contributed by atoms with Crippen molar-refractivity contribution in [3.63, 3.8) is 0 Å². The fourth-order valence-corrected chi connectivity index (χ4v) is 5.10. The molecule has 0 spiro atoms. The van der Waals surface area contributed by atoms with E-state index in [1.54, 1.807) is 24.1 Å². The van der Waals surface area contributed by atoms with Gasteiger partial charge in [0.05, 0.1) is 24.0 Å². The predicted octanol–water partition coefficient (Wildman–Crippen LogP) is 2.82. The molecule has 2 aromatic rings. The highest BCUT2D eigenvalue weighted by atomic mass is 16.5. The lowest BCUT2D eigenvalue weighted by Crippen LogP contribution is -2.63. The molecule has 4 aliphatic rings. The Morgan fingerprint density at radius 1 is 1.36 bits per heavy atom. The molecule has 3 aliphatic heterocycles. The third-order valence-electron chi connectivity index (χ3n) is 6.89. The summed E-state index contributed by atoms with van der Waals surface area (Å²) in [4.78, 5) is 35.3. The molecule has 2 amide bonds. The van der Waals surface area contributed by atoms with E-state index in [0.717, 1.165) is 18.4 Å². The van der Waals surface area contributed by atoms with E-state index in [1.165, 1.54) is 6.20 Å². The van der Waals surface area contributed by atoms with Crippen LogP contribution in [0.4, 0.5) is 22.1 Å². The minimum absolute atomic E-state index is 0.0885. The zero-order valence-electron chi connectivity index (χ0n) is 20.0. The van der Waals surface area contributed by atoms with Gasteiger partial charge in [-0.05, 0) is 18.9 Å². The number of anilines is 3. The van der Waals surface area contributed by atoms with E-state index in [2.05, 4.69) is 26.7 Å². The average Bonchev–Trinajstić information content (AvgIpc) is 2.88. The Morgan fingerprint density at radius 2 is 2.17 bits per heavy atom. The number of aromatic nitrogens is 2. The number of amides is 2. The van der Waals surface area contributed by atoms with E-state index in [9.17, 15) is 14.9 Å². The van der Waals surface area contributed by atoms with Gasteiger partial charge in [0.1, 0.15) is 29.0 Å². The predicted molar refractivity (Wildman–Crippen MR) is 130 cm³/mol. The average molecular weight is 493 g/mol. The monoisotopic (exact) mass is 492 g/mol. The first-order valence-electron chi connectivity index (χ1n) is 12.0. The first kappa shape index (κ1) is 24.1. The zero-order chi connectivity index (χ0) is 25.1. The highest BCUT2D eigenvalue weighted by Crippen LogP contribution is 2.56. The van der Waals surface area contributed by atoms with Crippen LogP contribution in [-0.4, -0.2) is 67.9 Å². The lowest BCUT2D eigenvalue weighted by atomic mass is 9.67. The summed E-state index contributed by atoms with van der Waals surface area (Å²) in [6, 6.07) is 6.69. The Kier molecular flexibility index (Phi) is 6.82. The summed E-state index contributed by atoms with van der Waals surface area (Å²) in [5, 5.41) is 15.3. The number of hydrogen-bond acceptors (Lipinski definition) is 9. The highest BCUT2D eigenvalue weighted by Gasteiger charge is 2.58. The number of pyridine rings is 2. The number of nitriles is 1. The maximum absolute atomic E-state index is 13.5. The minimum atomic E-state index is -0.516. The third kappa shape index (κ3) is 4.51. The van der Waals surface area contributed by atoms with Crippen molar-refractivity contribution in [2.75, 3.05) is 49.0 Å². The Labute approximate surface area is 208 Å². The maximum atomic E-state index is 13.5. The van der Waals surface area contributed by atoms with Gasteiger partial charge in [0.2, 0.25) is 0 Å². The van der Waals surface area contributed by atoms with E-state index in [4.69, 9.17) is 14.2 Å². The maximum Gasteiger partial charge on any atom is 0.328 e. The number of urea groups is 1. The molecule has 0 aromatic carbocycles. The second-order valence-corrected chi connectivity index (χ2v) is 9.16. The molecule has 6 rings (SSSR count). The van der Waals surface area contributed by atoms with Crippen LogP contribution in [0.3, 0.4) is 0 Å². The van der Waals surface area contributed by atoms with Crippen molar-refractivity contribution in [3.8, 4) is 6.07 Å². The molecule has 1 saturated heterocycles. The number of ether oxygens (including phenoxy) is 3. The molecular weight excluding hydrogens is 464 g/mol. The summed E-state index contributed by atoms with van der Waals surface area (Å²) in [7, 11) is 1.59. The molecule has 11 heteroatoms. The number of methoxy groups -OCH3 is 1. The molecule has 36 heavy (non-hydrogen) atoms. The lowest BCUT2D eigenvalue weighted by molar-refractivity contribution is -0.177. The van der Waals surface area contributed by atoms with Gasteiger partial charge in [-0.3, -0.25) is 15.0 Å². The van der Waals surface area contributed by atoms with Crippen LogP contribution in [0.2, 0.25) is 0 Å². The van der Waals surface area contributed by atoms with Crippen molar-refractivity contribution < 1.29 is 23.8 Å². The molecule has 5 heterocycles. The molecular formula is C25H28N6O5. The molecule has 1 aliphatic carbocycles. The normalized spacial score (nSPS) is 22.7. The van der Waals surface area contributed by atoms with E-state index < -0.39 is 11.6 Å². The molecule has 0 atom stereocenters. The lowest BCUT2D eigenvalue weighted by Gasteiger charge is -2.57. The van der Waals surface area contributed by atoms with Crippen LogP contribution in [0.1, 0.15) is 47.3 Å². The summed E-state index contributed by atoms with van der Waals surface area (Å²) in [5.74, 6) is 0.723. The van der Waals surface area contributed by atoms with E-state index in [1.807, 2.05) is 6.07 Å². The number of nitrogens with one attached hydrogen (secondary N) is 2. The van der Waals surface area contributed by atoms with Crippen molar-refractivity contribution in [1.82, 2.24) is 9.97 Å². The van der Waals surface area contributed by atoms with Gasteiger partial charge in [-0.2, -0.15) is 5.26 Å². The third-order valence-corrected chi connectivity index (χ3v) is 6.89. The first-order chi connectivity index (χ1) is 17.6. The van der Waals surface area contributed by atoms with Gasteiger partial charge in [-0.15, -0.1) is 0 Å². The molecule has 0 radical (unpaired) electrons. The van der Waals surface area contributed by atoms with Gasteiger partial charge >= 0.3 is 6.03 Å². The van der Waals surface area contributed by atoms with Gasteiger partial charge in [-0.1, -0.05) is 6.07 Å². The summed E-state index contributed by atoms with van der Waals surface area (Å²) in [6.07, 6.45) is 5.13. The Hall–Kier alpha value is -3.59. The number of carbonyl (C=O) groups is 2. The largest absolute Gasteiger partial charge is 0.383 e. The zero-order valence-corrected chi connectivity index (χ0v) is 20.0. The van der Waals surface area contributed by atoms with Crippen molar-refractivity contribution in [2.45, 2.75) is 43.4 Å². The topological polar surface area (TPSA) is 139 Å². The quantitative estimate of drug-likeness (QED) is 0.421. The summed E-state index contributed by atoms with van der Waals surface area (Å²) < 4.78 is 17.1. The van der Waals surface area contributed by atoms with Crippen LogP contribution in [0.15, 0.2) is 24.4 Å². The fourth-order valence-electron chi connectivity index (χ4n) is 5.10. The number of nitrogens with zero attached hydrogens (tertiary/aromatic N) is 4. The van der Waals surface area contributed by atoms with Crippen molar-refractivity contribution in [1.29, 1.82) is 5.26 Å². The number of carbonyl (C=O) groups excluding carboxylic acids is 2. The number of rotatable bonds is 8. The van der Waals surface area contributed by atoms with Gasteiger partial charge in [0.15, 0.2) is 6.29 Å². The second-order valence-electron chi connectivity index (χ2n) is 9.16. The number of hydrogen-bond donors (Lipinski definition) is 2. The van der Waals surface area contributed by atoms with Crippen molar-refractivity contribution in [3.05, 3.63) is 41.2 Å². The van der Waals surface area contributed by atoms with Crippen LogP contribution in [-0.2, 0) is 19.8 Å². The van der Waals surface area contributed by atoms with E-state index >= 15 is 0 Å². The standard InChI is InChI=1S/C25H28N6O5/c1-34-9-6-27-21-10-22(28-14-16(21)13-26)30-24(33)31-18-11-25(12-18,36-19-4-7-35-8-5-19)20-3-2-17(15-32)29-23(20)31/h2-3,10,14-15,18-19H,4-9,11-12H2,1H3,(H2,27,28,30,33). The smallest absolute Gasteiger partial charge is 0.328 e. The van der Waals surface area contributed by atoms with Crippen LogP contribution in [0, 0.1) is 11.3 Å². The minimum Gasteiger partial charge on any atom is -0.383 e. The molecule has 0 unspecified atom stereocenters. The Bertz CT molecular complexity index is 1190. The van der Waals surface area contributed by atoms with Gasteiger partial charge < -0.3 is 19.5 Å². The van der Waals surface area contributed by atoms with E-state index in [0.29, 0.717) is 68.4 Å². The van der Waals surface area contributed by atoms with Crippen molar-refractivity contribution >= 4 is 29.6 Å². The van der Waals surface area contributed by atoms with Gasteiger partial charge in [-0.25, -0.2) is 14.8 Å². The van der Waals surface area contributed by atoms with Crippen LogP contribution in [0.5, 0.6) is 0 Å². The van der Waals surface area contributed by atoms with E-state index in [-0.39, 0.29) is 17.8 Å². The molecule has 11 nitrogen and oxygen atoms in total. The summed E-state index contributed by atoms with van der Waals surface area (Å²) in [6.45, 7) is 2.31. The van der Waals surface area contributed by atoms with Crippen LogP contribution in [0.25, 0.3) is 0 Å². The van der Waals surface area contributed by atoms with Crippen molar-refractivity contribution in [2.24, 2.45) is 0 Å². The Balaban J connectivity index is 1.39. The Morgan fingerprint density at radius 3 is 2.89 bits per heavy atom. The van der Waals surface area contributed by atoms with Crippen LogP contribution >= 0.6 is 0 Å². The summed E-state index contributed by atoms with van der Waals surface area (Å²) in [5.41, 5.74) is 1.45. The molecule has 2 aromatic heterocycles. The molecule has 2 bridgehead atoms. The molecule has 1 saturated carbocycles. The summed E-state index contributed by atoms with van der Waals surface area (Å²) >= 11 is 0. The second kappa shape index (κ2) is 10.2. The molecule has 188 valence electrons. The highest BCUT2D eigenvalue weighted by molar-refractivity contribution is 6.03. The first-order valence-corrected chi connectivity index (χ1v) is 12.0. The van der Waals surface area contributed by atoms with Gasteiger partial charge in [0.25, 0.3) is 0 Å². The molecule has 2 fully saturated rings. The van der Waals surface area contributed by atoms with Gasteiger partial charge in [0, 0.05) is 63.6 Å².